The Morgan fingerprint density at radius 3 is 2.00 bits per heavy atom. The zero-order valence-corrected chi connectivity index (χ0v) is 11.1. The van der Waals surface area contributed by atoms with E-state index in [0.717, 1.165) is 0 Å². The molecule has 0 saturated heterocycles. The number of anilines is 1. The van der Waals surface area contributed by atoms with Crippen LogP contribution in [0.3, 0.4) is 0 Å². The van der Waals surface area contributed by atoms with Gasteiger partial charge < -0.3 is 10.0 Å². The van der Waals surface area contributed by atoms with E-state index in [1.54, 1.807) is 19.2 Å². The number of carboxylic acid groups (broad SMARTS) is 1. The predicted octanol–water partition coefficient (Wildman–Crippen LogP) is 3.09. The van der Waals surface area contributed by atoms with Crippen molar-refractivity contribution in [2.75, 3.05) is 11.9 Å². The molecule has 1 aliphatic carbocycles. The molecule has 1 aliphatic rings. The molecule has 1 aromatic carbocycles. The largest absolute Gasteiger partial charge is 0.478 e. The van der Waals surface area contributed by atoms with E-state index in [1.165, 1.54) is 42.7 Å². The highest BCUT2D eigenvalue weighted by Crippen LogP contribution is 2.12. The van der Waals surface area contributed by atoms with Crippen molar-refractivity contribution in [2.24, 2.45) is 0 Å². The first kappa shape index (κ1) is 15.0. The van der Waals surface area contributed by atoms with Crippen LogP contribution < -0.4 is 4.90 Å². The summed E-state index contributed by atoms with van der Waals surface area (Å²) in [5.41, 5.74) is 0.878. The molecule has 0 spiro atoms. The molecule has 0 heterocycles. The minimum atomic E-state index is -0.972. The second-order valence-corrected chi connectivity index (χ2v) is 4.32. The summed E-state index contributed by atoms with van der Waals surface area (Å²) in [4.78, 5) is 22.2. The summed E-state index contributed by atoms with van der Waals surface area (Å²) in [6.45, 7) is 0. The van der Waals surface area contributed by atoms with Gasteiger partial charge in [-0.15, -0.1) is 0 Å². The number of hydrogen-bond acceptors (Lipinski definition) is 2. The minimum absolute atomic E-state index is 0.211. The summed E-state index contributed by atoms with van der Waals surface area (Å²) in [7, 11) is 1.60. The molecular formula is C15H19NO3. The van der Waals surface area contributed by atoms with Gasteiger partial charge in [0.1, 0.15) is 0 Å². The summed E-state index contributed by atoms with van der Waals surface area (Å²) in [6.07, 6.45) is 10.7. The molecule has 0 bridgehead atoms. The number of benzene rings is 1. The van der Waals surface area contributed by atoms with Crippen LogP contribution >= 0.6 is 0 Å². The van der Waals surface area contributed by atoms with Gasteiger partial charge in [0.05, 0.1) is 5.56 Å². The maximum Gasteiger partial charge on any atom is 0.335 e. The van der Waals surface area contributed by atoms with E-state index >= 15 is 0 Å². The monoisotopic (exact) mass is 261 g/mol. The van der Waals surface area contributed by atoms with Gasteiger partial charge in [0.25, 0.3) is 0 Å². The second-order valence-electron chi connectivity index (χ2n) is 4.32. The molecule has 0 saturated carbocycles. The van der Waals surface area contributed by atoms with Crippen LogP contribution in [-0.2, 0) is 4.79 Å². The number of carbonyl (C=O) groups is 2. The molecule has 19 heavy (non-hydrogen) atoms. The molecule has 1 amide bonds. The fourth-order valence-corrected chi connectivity index (χ4v) is 1.66. The Morgan fingerprint density at radius 2 is 1.68 bits per heavy atom. The molecule has 102 valence electrons. The molecule has 0 radical (unpaired) electrons. The van der Waals surface area contributed by atoms with Gasteiger partial charge in [0, 0.05) is 12.7 Å². The maximum absolute atomic E-state index is 10.5. The molecule has 0 aliphatic heterocycles. The van der Waals surface area contributed by atoms with E-state index in [-0.39, 0.29) is 5.56 Å². The molecule has 1 N–H and O–H groups in total. The summed E-state index contributed by atoms with van der Waals surface area (Å²) >= 11 is 0. The Hall–Kier alpha value is -2.10. The number of carbonyl (C=O) groups excluding carboxylic acids is 1. The summed E-state index contributed by atoms with van der Waals surface area (Å²) in [6, 6.07) is 6.07. The van der Waals surface area contributed by atoms with Gasteiger partial charge in [-0.2, -0.15) is 0 Å². The molecule has 4 heteroatoms. The van der Waals surface area contributed by atoms with E-state index in [4.69, 9.17) is 5.11 Å². The van der Waals surface area contributed by atoms with E-state index in [9.17, 15) is 9.59 Å². The molecule has 4 nitrogen and oxygen atoms in total. The SMILES string of the molecule is C1=CCCCC1.CN(C=O)c1ccc(C(=O)O)cc1. The van der Waals surface area contributed by atoms with Crippen molar-refractivity contribution in [3.05, 3.63) is 42.0 Å². The first-order valence-corrected chi connectivity index (χ1v) is 6.31. The molecule has 2 rings (SSSR count). The average molecular weight is 261 g/mol. The fourth-order valence-electron chi connectivity index (χ4n) is 1.66. The highest BCUT2D eigenvalue weighted by molar-refractivity contribution is 5.88. The second kappa shape index (κ2) is 8.08. The zero-order chi connectivity index (χ0) is 14.1. The Kier molecular flexibility index (Phi) is 6.36. The first-order valence-electron chi connectivity index (χ1n) is 6.31. The Labute approximate surface area is 113 Å². The highest BCUT2D eigenvalue weighted by Gasteiger charge is 2.03. The van der Waals surface area contributed by atoms with E-state index in [1.807, 2.05) is 0 Å². The smallest absolute Gasteiger partial charge is 0.335 e. The Morgan fingerprint density at radius 1 is 1.16 bits per heavy atom. The summed E-state index contributed by atoms with van der Waals surface area (Å²) < 4.78 is 0. The number of aromatic carboxylic acids is 1. The molecule has 1 aromatic rings. The van der Waals surface area contributed by atoms with Gasteiger partial charge in [0.15, 0.2) is 0 Å². The minimum Gasteiger partial charge on any atom is -0.478 e. The number of nitrogens with zero attached hydrogens (tertiary/aromatic N) is 1. The van der Waals surface area contributed by atoms with E-state index in [0.29, 0.717) is 12.1 Å². The van der Waals surface area contributed by atoms with Crippen molar-refractivity contribution in [1.29, 1.82) is 0 Å². The van der Waals surface area contributed by atoms with E-state index < -0.39 is 5.97 Å². The molecule has 0 fully saturated rings. The lowest BCUT2D eigenvalue weighted by molar-refractivity contribution is -0.107. The quantitative estimate of drug-likeness (QED) is 0.672. The van der Waals surface area contributed by atoms with Crippen LogP contribution in [0.1, 0.15) is 36.0 Å². The van der Waals surface area contributed by atoms with Crippen LogP contribution in [0.15, 0.2) is 36.4 Å². The molecule has 0 aromatic heterocycles. The van der Waals surface area contributed by atoms with Crippen LogP contribution in [0, 0.1) is 0 Å². The maximum atomic E-state index is 10.5. The van der Waals surface area contributed by atoms with Gasteiger partial charge in [-0.3, -0.25) is 4.79 Å². The topological polar surface area (TPSA) is 57.6 Å². The van der Waals surface area contributed by atoms with Crippen molar-refractivity contribution in [1.82, 2.24) is 0 Å². The number of carboxylic acids is 1. The molecule has 0 atom stereocenters. The lowest BCUT2D eigenvalue weighted by atomic mass is 10.1. The molecular weight excluding hydrogens is 242 g/mol. The Bertz CT molecular complexity index is 429. The third-order valence-electron chi connectivity index (χ3n) is 2.84. The fraction of sp³-hybridized carbons (Fsp3) is 0.333. The lowest BCUT2D eigenvalue weighted by Crippen LogP contribution is -2.13. The summed E-state index contributed by atoms with van der Waals surface area (Å²) in [5, 5.41) is 8.59. The Balaban J connectivity index is 0.000000250. The third-order valence-corrected chi connectivity index (χ3v) is 2.84. The van der Waals surface area contributed by atoms with Crippen LogP contribution in [0.4, 0.5) is 5.69 Å². The van der Waals surface area contributed by atoms with Crippen molar-refractivity contribution in [3.63, 3.8) is 0 Å². The molecule has 0 unspecified atom stereocenters. The van der Waals surface area contributed by atoms with Gasteiger partial charge in [-0.25, -0.2) is 4.79 Å². The van der Waals surface area contributed by atoms with Crippen LogP contribution in [0.5, 0.6) is 0 Å². The summed E-state index contributed by atoms with van der Waals surface area (Å²) in [5.74, 6) is -0.972. The van der Waals surface area contributed by atoms with Crippen LogP contribution in [0.2, 0.25) is 0 Å². The highest BCUT2D eigenvalue weighted by atomic mass is 16.4. The lowest BCUT2D eigenvalue weighted by Gasteiger charge is -2.09. The van der Waals surface area contributed by atoms with Crippen molar-refractivity contribution in [3.8, 4) is 0 Å². The van der Waals surface area contributed by atoms with Crippen molar-refractivity contribution < 1.29 is 14.7 Å². The van der Waals surface area contributed by atoms with Crippen LogP contribution in [0.25, 0.3) is 0 Å². The average Bonchev–Trinajstić information content (AvgIpc) is 2.49. The number of allylic oxidation sites excluding steroid dienone is 2. The number of amides is 1. The normalized spacial score (nSPS) is 13.1. The van der Waals surface area contributed by atoms with Gasteiger partial charge in [-0.05, 0) is 49.9 Å². The first-order chi connectivity index (χ1) is 9.15. The van der Waals surface area contributed by atoms with Crippen molar-refractivity contribution in [2.45, 2.75) is 25.7 Å². The van der Waals surface area contributed by atoms with Crippen LogP contribution in [-0.4, -0.2) is 24.5 Å². The van der Waals surface area contributed by atoms with Gasteiger partial charge >= 0.3 is 5.97 Å². The number of rotatable bonds is 3. The zero-order valence-electron chi connectivity index (χ0n) is 11.1. The van der Waals surface area contributed by atoms with Crippen molar-refractivity contribution >= 4 is 18.1 Å². The van der Waals surface area contributed by atoms with E-state index in [2.05, 4.69) is 12.2 Å². The van der Waals surface area contributed by atoms with Gasteiger partial charge in [0.2, 0.25) is 6.41 Å². The number of hydrogen-bond donors (Lipinski definition) is 1. The third kappa shape index (κ3) is 5.38. The predicted molar refractivity (Wildman–Crippen MR) is 75.5 cm³/mol. The van der Waals surface area contributed by atoms with Gasteiger partial charge in [-0.1, -0.05) is 12.2 Å². The standard InChI is InChI=1S/C9H9NO3.C6H10/c1-10(6-11)8-4-2-7(3-5-8)9(12)13;1-2-4-6-5-3-1/h2-6H,1H3,(H,12,13);1-2H,3-6H2.